The summed E-state index contributed by atoms with van der Waals surface area (Å²) in [7, 11) is -1.52. The Kier molecular flexibility index (Phi) is 5.43. The van der Waals surface area contributed by atoms with Gasteiger partial charge in [-0.15, -0.1) is 0 Å². The van der Waals surface area contributed by atoms with Gasteiger partial charge >= 0.3 is 0 Å². The molecule has 0 aliphatic carbocycles. The fourth-order valence-corrected chi connectivity index (χ4v) is 7.04. The molecule has 2 rings (SSSR count). The molecule has 1 fully saturated rings. The highest BCUT2D eigenvalue weighted by atomic mass is 79.9. The summed E-state index contributed by atoms with van der Waals surface area (Å²) in [6.07, 6.45) is 2.33. The Morgan fingerprint density at radius 1 is 1.40 bits per heavy atom. The van der Waals surface area contributed by atoms with Gasteiger partial charge < -0.3 is 4.74 Å². The Balaban J connectivity index is 2.45. The second kappa shape index (κ2) is 6.55. The average Bonchev–Trinajstić information content (AvgIpc) is 2.36. The molecule has 0 spiro atoms. The summed E-state index contributed by atoms with van der Waals surface area (Å²) in [5, 5.41) is 0.112. The molecule has 1 aliphatic heterocycles. The number of hydrogen-bond donors (Lipinski definition) is 0. The summed E-state index contributed by atoms with van der Waals surface area (Å²) >= 11 is 13.0. The lowest BCUT2D eigenvalue weighted by atomic mass is 10.0. The summed E-state index contributed by atoms with van der Waals surface area (Å²) < 4.78 is 30.6. The number of alkyl halides is 1. The molecule has 2 unspecified atom stereocenters. The summed E-state index contributed by atoms with van der Waals surface area (Å²) in [6.45, 7) is 0. The zero-order valence-electron chi connectivity index (χ0n) is 10.9. The van der Waals surface area contributed by atoms with Crippen molar-refractivity contribution in [2.24, 2.45) is 0 Å². The molecule has 20 heavy (non-hydrogen) atoms. The largest absolute Gasteiger partial charge is 0.495 e. The summed E-state index contributed by atoms with van der Waals surface area (Å²) in [4.78, 5) is -0.322. The fraction of sp³-hybridized carbons (Fsp3) is 0.538. The number of benzene rings is 1. The van der Waals surface area contributed by atoms with Crippen LogP contribution in [0.4, 0.5) is 0 Å². The Labute approximate surface area is 141 Å². The second-order valence-electron chi connectivity index (χ2n) is 4.81. The van der Waals surface area contributed by atoms with Gasteiger partial charge in [0.25, 0.3) is 0 Å². The normalized spacial score (nSPS) is 23.3. The molecular weight excluding hydrogens is 431 g/mol. The Bertz CT molecular complexity index is 604. The minimum absolute atomic E-state index is 0.254. The van der Waals surface area contributed by atoms with Gasteiger partial charge in [0.2, 0.25) is 0 Å². The predicted octanol–water partition coefficient (Wildman–Crippen LogP) is 4.51. The molecule has 0 radical (unpaired) electrons. The van der Waals surface area contributed by atoms with Crippen LogP contribution in [0.2, 0.25) is 5.02 Å². The van der Waals surface area contributed by atoms with Crippen molar-refractivity contribution in [1.29, 1.82) is 0 Å². The van der Waals surface area contributed by atoms with Gasteiger partial charge in [0.1, 0.15) is 5.75 Å². The van der Waals surface area contributed by atoms with Gasteiger partial charge in [-0.1, -0.05) is 34.0 Å². The van der Waals surface area contributed by atoms with Crippen LogP contribution in [0.1, 0.15) is 29.7 Å². The number of methoxy groups -OCH3 is 1. The predicted molar refractivity (Wildman–Crippen MR) is 88.8 cm³/mol. The molecule has 2 atom stereocenters. The number of halogens is 3. The first-order valence-electron chi connectivity index (χ1n) is 6.25. The van der Waals surface area contributed by atoms with Crippen LogP contribution in [-0.2, 0) is 9.84 Å². The standard InChI is InChI=1S/C13H15Br2ClO3S/c1-19-13-9(6-8(16)7-10(13)14)12(15)11-4-2-3-5-20(11,17)18/h6-7,11-12H,2-5H2,1H3. The van der Waals surface area contributed by atoms with Crippen LogP contribution in [-0.4, -0.2) is 26.5 Å². The summed E-state index contributed by atoms with van der Waals surface area (Å²) in [5.74, 6) is 0.876. The maximum atomic E-state index is 12.3. The highest BCUT2D eigenvalue weighted by Crippen LogP contribution is 2.44. The van der Waals surface area contributed by atoms with Crippen molar-refractivity contribution in [2.75, 3.05) is 12.9 Å². The number of ether oxygens (including phenoxy) is 1. The van der Waals surface area contributed by atoms with Crippen LogP contribution in [0.15, 0.2) is 16.6 Å². The molecule has 1 heterocycles. The number of hydrogen-bond acceptors (Lipinski definition) is 3. The van der Waals surface area contributed by atoms with E-state index in [9.17, 15) is 8.42 Å². The fourth-order valence-electron chi connectivity index (χ4n) is 2.51. The van der Waals surface area contributed by atoms with Crippen molar-refractivity contribution >= 4 is 53.3 Å². The number of sulfone groups is 1. The van der Waals surface area contributed by atoms with Crippen LogP contribution in [0.3, 0.4) is 0 Å². The van der Waals surface area contributed by atoms with E-state index in [2.05, 4.69) is 31.9 Å². The van der Waals surface area contributed by atoms with Crippen LogP contribution in [0.25, 0.3) is 0 Å². The lowest BCUT2D eigenvalue weighted by Gasteiger charge is -2.28. The van der Waals surface area contributed by atoms with Gasteiger partial charge in [-0.2, -0.15) is 0 Å². The van der Waals surface area contributed by atoms with Crippen molar-refractivity contribution in [3.8, 4) is 5.75 Å². The van der Waals surface area contributed by atoms with Gasteiger partial charge in [-0.25, -0.2) is 8.42 Å². The molecular formula is C13H15Br2ClO3S. The smallest absolute Gasteiger partial charge is 0.154 e. The summed E-state index contributed by atoms with van der Waals surface area (Å²) in [6, 6.07) is 3.49. The average molecular weight is 447 g/mol. The van der Waals surface area contributed by atoms with Crippen molar-refractivity contribution in [3.05, 3.63) is 27.2 Å². The van der Waals surface area contributed by atoms with E-state index >= 15 is 0 Å². The monoisotopic (exact) mass is 444 g/mol. The molecule has 1 aromatic carbocycles. The maximum absolute atomic E-state index is 12.3. The topological polar surface area (TPSA) is 43.4 Å². The van der Waals surface area contributed by atoms with E-state index < -0.39 is 15.1 Å². The van der Waals surface area contributed by atoms with Crippen molar-refractivity contribution < 1.29 is 13.2 Å². The minimum Gasteiger partial charge on any atom is -0.495 e. The lowest BCUT2D eigenvalue weighted by Crippen LogP contribution is -2.31. The van der Waals surface area contributed by atoms with E-state index in [4.69, 9.17) is 16.3 Å². The number of rotatable bonds is 3. The van der Waals surface area contributed by atoms with Crippen molar-refractivity contribution in [3.63, 3.8) is 0 Å². The Morgan fingerprint density at radius 3 is 2.70 bits per heavy atom. The molecule has 0 aromatic heterocycles. The molecule has 7 heteroatoms. The molecule has 0 bridgehead atoms. The molecule has 1 saturated heterocycles. The second-order valence-corrected chi connectivity index (χ2v) is 9.43. The first kappa shape index (κ1) is 16.6. The maximum Gasteiger partial charge on any atom is 0.154 e. The Hall–Kier alpha value is 0.220. The van der Waals surface area contributed by atoms with Gasteiger partial charge in [0.05, 0.1) is 27.4 Å². The summed E-state index contributed by atoms with van der Waals surface area (Å²) in [5.41, 5.74) is 0.766. The Morgan fingerprint density at radius 2 is 2.10 bits per heavy atom. The third-order valence-corrected chi connectivity index (χ3v) is 8.07. The quantitative estimate of drug-likeness (QED) is 0.642. The highest BCUT2D eigenvalue weighted by Gasteiger charge is 2.36. The zero-order chi connectivity index (χ0) is 14.9. The first-order chi connectivity index (χ1) is 9.36. The van der Waals surface area contributed by atoms with E-state index in [0.717, 1.165) is 22.9 Å². The molecule has 1 aliphatic rings. The third-order valence-electron chi connectivity index (χ3n) is 3.49. The molecule has 3 nitrogen and oxygen atoms in total. The van der Waals surface area contributed by atoms with Gasteiger partial charge in [0, 0.05) is 10.6 Å². The van der Waals surface area contributed by atoms with Crippen molar-refractivity contribution in [1.82, 2.24) is 0 Å². The molecule has 0 N–H and O–H groups in total. The van der Waals surface area contributed by atoms with E-state index in [1.807, 2.05) is 0 Å². The molecule has 112 valence electrons. The van der Waals surface area contributed by atoms with E-state index in [1.165, 1.54) is 0 Å². The van der Waals surface area contributed by atoms with Crippen molar-refractivity contribution in [2.45, 2.75) is 29.3 Å². The van der Waals surface area contributed by atoms with Gasteiger partial charge in [0.15, 0.2) is 9.84 Å². The molecule has 0 amide bonds. The minimum atomic E-state index is -3.08. The lowest BCUT2D eigenvalue weighted by molar-refractivity contribution is 0.405. The molecule has 0 saturated carbocycles. The van der Waals surface area contributed by atoms with E-state index in [0.29, 0.717) is 17.2 Å². The first-order valence-corrected chi connectivity index (χ1v) is 10.1. The highest BCUT2D eigenvalue weighted by molar-refractivity contribution is 9.10. The SMILES string of the molecule is COc1c(Br)cc(Cl)cc1C(Br)C1CCCCS1(=O)=O. The third kappa shape index (κ3) is 3.34. The van der Waals surface area contributed by atoms with Gasteiger partial charge in [-0.05, 0) is 40.9 Å². The van der Waals surface area contributed by atoms with Crippen LogP contribution < -0.4 is 4.74 Å². The van der Waals surface area contributed by atoms with E-state index in [1.54, 1.807) is 19.2 Å². The van der Waals surface area contributed by atoms with Crippen LogP contribution in [0.5, 0.6) is 5.75 Å². The van der Waals surface area contributed by atoms with Crippen LogP contribution in [0, 0.1) is 0 Å². The zero-order valence-corrected chi connectivity index (χ0v) is 15.6. The van der Waals surface area contributed by atoms with Gasteiger partial charge in [-0.3, -0.25) is 0 Å². The van der Waals surface area contributed by atoms with E-state index in [-0.39, 0.29) is 10.6 Å². The molecule has 1 aromatic rings. The van der Waals surface area contributed by atoms with Crippen LogP contribution >= 0.6 is 43.5 Å².